The van der Waals surface area contributed by atoms with Crippen LogP contribution < -0.4 is 5.32 Å². The van der Waals surface area contributed by atoms with E-state index in [1.165, 1.54) is 4.31 Å². The van der Waals surface area contributed by atoms with Gasteiger partial charge < -0.3 is 5.32 Å². The summed E-state index contributed by atoms with van der Waals surface area (Å²) in [7, 11) is -3.55. The van der Waals surface area contributed by atoms with Gasteiger partial charge in [-0.05, 0) is 49.2 Å². The van der Waals surface area contributed by atoms with Crippen LogP contribution in [0.2, 0.25) is 10.0 Å². The number of nitrogens with zero attached hydrogens (tertiary/aromatic N) is 2. The molecule has 1 aliphatic heterocycles. The molecule has 0 unspecified atom stereocenters. The Kier molecular flexibility index (Phi) is 6.86. The number of carbonyl (C=O) groups is 1. The zero-order valence-electron chi connectivity index (χ0n) is 16.3. The molecule has 2 aromatic rings. The summed E-state index contributed by atoms with van der Waals surface area (Å²) < 4.78 is 27.5. The molecule has 3 rings (SSSR count). The van der Waals surface area contributed by atoms with Crippen molar-refractivity contribution in [2.45, 2.75) is 18.7 Å². The molecule has 1 amide bonds. The first-order valence-electron chi connectivity index (χ1n) is 9.21. The van der Waals surface area contributed by atoms with E-state index in [4.69, 9.17) is 23.2 Å². The Labute approximate surface area is 181 Å². The molecule has 1 N–H and O–H groups in total. The number of sulfonamides is 1. The smallest absolute Gasteiger partial charge is 0.243 e. The summed E-state index contributed by atoms with van der Waals surface area (Å²) in [5.41, 5.74) is 2.21. The van der Waals surface area contributed by atoms with Gasteiger partial charge in [0.1, 0.15) is 0 Å². The SMILES string of the molecule is Cc1ccc(C)c(S(=O)(=O)N2CCN(CC(=O)Nc3ccc(Cl)c(Cl)c3)CC2)c1. The molecule has 0 bridgehead atoms. The van der Waals surface area contributed by atoms with Gasteiger partial charge in [-0.3, -0.25) is 9.69 Å². The summed E-state index contributed by atoms with van der Waals surface area (Å²) in [6, 6.07) is 10.3. The van der Waals surface area contributed by atoms with Crippen molar-refractivity contribution in [2.75, 3.05) is 38.0 Å². The molecular weight excluding hydrogens is 433 g/mol. The Hall–Kier alpha value is -1.64. The summed E-state index contributed by atoms with van der Waals surface area (Å²) in [4.78, 5) is 14.6. The first-order valence-corrected chi connectivity index (χ1v) is 11.4. The average Bonchev–Trinajstić information content (AvgIpc) is 2.67. The first kappa shape index (κ1) is 22.1. The molecule has 0 spiro atoms. The van der Waals surface area contributed by atoms with E-state index in [1.54, 1.807) is 31.2 Å². The van der Waals surface area contributed by atoms with Crippen molar-refractivity contribution in [3.05, 3.63) is 57.6 Å². The molecule has 1 aliphatic rings. The number of rotatable bonds is 5. The molecule has 1 heterocycles. The molecule has 29 heavy (non-hydrogen) atoms. The van der Waals surface area contributed by atoms with Crippen molar-refractivity contribution in [1.82, 2.24) is 9.21 Å². The molecular formula is C20H23Cl2N3O3S. The standard InChI is InChI=1S/C20H23Cl2N3O3S/c1-14-3-4-15(2)19(11-14)29(27,28)25-9-7-24(8-10-25)13-20(26)23-16-5-6-17(21)18(22)12-16/h3-6,11-12H,7-10,13H2,1-2H3,(H,23,26). The van der Waals surface area contributed by atoms with Gasteiger partial charge in [-0.25, -0.2) is 8.42 Å². The molecule has 156 valence electrons. The molecule has 0 radical (unpaired) electrons. The van der Waals surface area contributed by atoms with Crippen LogP contribution in [-0.2, 0) is 14.8 Å². The summed E-state index contributed by atoms with van der Waals surface area (Å²) in [6.07, 6.45) is 0. The van der Waals surface area contributed by atoms with Crippen LogP contribution in [0.15, 0.2) is 41.3 Å². The van der Waals surface area contributed by atoms with Crippen LogP contribution in [0, 0.1) is 13.8 Å². The van der Waals surface area contributed by atoms with Crippen LogP contribution in [0.3, 0.4) is 0 Å². The van der Waals surface area contributed by atoms with Gasteiger partial charge in [0.05, 0.1) is 21.5 Å². The Morgan fingerprint density at radius 3 is 2.34 bits per heavy atom. The average molecular weight is 456 g/mol. The minimum Gasteiger partial charge on any atom is -0.325 e. The minimum absolute atomic E-state index is 0.178. The lowest BCUT2D eigenvalue weighted by molar-refractivity contribution is -0.117. The number of piperazine rings is 1. The summed E-state index contributed by atoms with van der Waals surface area (Å²) in [6.45, 7) is 5.51. The molecule has 0 atom stereocenters. The van der Waals surface area contributed by atoms with E-state index >= 15 is 0 Å². The van der Waals surface area contributed by atoms with Crippen LogP contribution in [0.1, 0.15) is 11.1 Å². The lowest BCUT2D eigenvalue weighted by Gasteiger charge is -2.33. The van der Waals surface area contributed by atoms with E-state index < -0.39 is 10.0 Å². The molecule has 0 aromatic heterocycles. The molecule has 9 heteroatoms. The van der Waals surface area contributed by atoms with E-state index in [0.717, 1.165) is 11.1 Å². The zero-order chi connectivity index (χ0) is 21.2. The first-order chi connectivity index (χ1) is 13.7. The Bertz CT molecular complexity index is 1020. The number of nitrogens with one attached hydrogen (secondary N) is 1. The van der Waals surface area contributed by atoms with Crippen LogP contribution >= 0.6 is 23.2 Å². The maximum atomic E-state index is 13.0. The second-order valence-corrected chi connectivity index (χ2v) is 9.85. The maximum absolute atomic E-state index is 13.0. The van der Waals surface area contributed by atoms with E-state index in [0.29, 0.717) is 46.8 Å². The van der Waals surface area contributed by atoms with Crippen molar-refractivity contribution in [2.24, 2.45) is 0 Å². The fourth-order valence-electron chi connectivity index (χ4n) is 3.23. The number of benzene rings is 2. The maximum Gasteiger partial charge on any atom is 0.243 e. The van der Waals surface area contributed by atoms with Crippen molar-refractivity contribution in [3.8, 4) is 0 Å². The molecule has 6 nitrogen and oxygen atoms in total. The van der Waals surface area contributed by atoms with Crippen molar-refractivity contribution < 1.29 is 13.2 Å². The summed E-state index contributed by atoms with van der Waals surface area (Å²) >= 11 is 11.8. The lowest BCUT2D eigenvalue weighted by atomic mass is 10.2. The van der Waals surface area contributed by atoms with Gasteiger partial charge in [-0.15, -0.1) is 0 Å². The van der Waals surface area contributed by atoms with E-state index in [-0.39, 0.29) is 12.5 Å². The predicted molar refractivity (Wildman–Crippen MR) is 116 cm³/mol. The highest BCUT2D eigenvalue weighted by Crippen LogP contribution is 2.25. The van der Waals surface area contributed by atoms with Gasteiger partial charge in [0.15, 0.2) is 0 Å². The summed E-state index contributed by atoms with van der Waals surface area (Å²) in [5, 5.41) is 3.57. The number of halogens is 2. The Morgan fingerprint density at radius 2 is 1.69 bits per heavy atom. The number of aryl methyl sites for hydroxylation is 2. The highest BCUT2D eigenvalue weighted by Gasteiger charge is 2.30. The van der Waals surface area contributed by atoms with E-state index in [2.05, 4.69) is 5.32 Å². The number of anilines is 1. The van der Waals surface area contributed by atoms with Gasteiger partial charge in [-0.2, -0.15) is 4.31 Å². The van der Waals surface area contributed by atoms with Crippen LogP contribution in [0.25, 0.3) is 0 Å². The molecule has 1 fully saturated rings. The van der Waals surface area contributed by atoms with Gasteiger partial charge in [0.2, 0.25) is 15.9 Å². The quantitative estimate of drug-likeness (QED) is 0.747. The lowest BCUT2D eigenvalue weighted by Crippen LogP contribution is -2.50. The predicted octanol–water partition coefficient (Wildman–Crippen LogP) is 3.56. The van der Waals surface area contributed by atoms with Gasteiger partial charge in [0.25, 0.3) is 0 Å². The Morgan fingerprint density at radius 1 is 1.00 bits per heavy atom. The highest BCUT2D eigenvalue weighted by atomic mass is 35.5. The Balaban J connectivity index is 1.58. The minimum atomic E-state index is -3.55. The third kappa shape index (κ3) is 5.29. The van der Waals surface area contributed by atoms with Gasteiger partial charge >= 0.3 is 0 Å². The van der Waals surface area contributed by atoms with Gasteiger partial charge in [0, 0.05) is 31.9 Å². The molecule has 0 aliphatic carbocycles. The summed E-state index contributed by atoms with van der Waals surface area (Å²) in [5.74, 6) is -0.186. The third-order valence-electron chi connectivity index (χ3n) is 4.86. The van der Waals surface area contributed by atoms with E-state index in [1.807, 2.05) is 24.0 Å². The van der Waals surface area contributed by atoms with Crippen LogP contribution in [0.4, 0.5) is 5.69 Å². The number of amides is 1. The normalized spacial score (nSPS) is 16.0. The fraction of sp³-hybridized carbons (Fsp3) is 0.350. The largest absolute Gasteiger partial charge is 0.325 e. The monoisotopic (exact) mass is 455 g/mol. The second kappa shape index (κ2) is 9.02. The molecule has 2 aromatic carbocycles. The molecule has 0 saturated carbocycles. The number of hydrogen-bond donors (Lipinski definition) is 1. The second-order valence-electron chi connectivity index (χ2n) is 7.13. The van der Waals surface area contributed by atoms with Crippen LogP contribution in [0.5, 0.6) is 0 Å². The van der Waals surface area contributed by atoms with Crippen LogP contribution in [-0.4, -0.2) is 56.3 Å². The number of carbonyl (C=O) groups excluding carboxylic acids is 1. The van der Waals surface area contributed by atoms with E-state index in [9.17, 15) is 13.2 Å². The topological polar surface area (TPSA) is 69.7 Å². The van der Waals surface area contributed by atoms with Crippen molar-refractivity contribution >= 4 is 44.8 Å². The van der Waals surface area contributed by atoms with Crippen molar-refractivity contribution in [1.29, 1.82) is 0 Å². The van der Waals surface area contributed by atoms with Crippen molar-refractivity contribution in [3.63, 3.8) is 0 Å². The number of hydrogen-bond acceptors (Lipinski definition) is 4. The fourth-order valence-corrected chi connectivity index (χ4v) is 5.26. The zero-order valence-corrected chi connectivity index (χ0v) is 18.6. The highest BCUT2D eigenvalue weighted by molar-refractivity contribution is 7.89. The third-order valence-corrected chi connectivity index (χ3v) is 7.64. The van der Waals surface area contributed by atoms with Gasteiger partial charge in [-0.1, -0.05) is 35.3 Å². The molecule has 1 saturated heterocycles.